The summed E-state index contributed by atoms with van der Waals surface area (Å²) in [5.74, 6) is -0.114. The fourth-order valence-corrected chi connectivity index (χ4v) is 3.89. The maximum Gasteiger partial charge on any atom is 0.325 e. The van der Waals surface area contributed by atoms with Crippen LogP contribution in [0.1, 0.15) is 50.1 Å². The van der Waals surface area contributed by atoms with Gasteiger partial charge < -0.3 is 14.6 Å². The first kappa shape index (κ1) is 17.2. The van der Waals surface area contributed by atoms with E-state index in [1.54, 1.807) is 7.11 Å². The van der Waals surface area contributed by atoms with Crippen molar-refractivity contribution in [3.8, 4) is 5.75 Å². The normalized spacial score (nSPS) is 21.7. The first-order chi connectivity index (χ1) is 11.7. The molecule has 0 spiro atoms. The standard InChI is InChI=1S/C19H27NO4/c1-23-17-8-4-5-14(13-17)18(19(21)22)20-11-9-16(10-12-20)24-15-6-2-3-7-15/h4-5,8,13,15-16,18H,2-3,6-7,9-12H2,1H3,(H,21,22). The van der Waals surface area contributed by atoms with Gasteiger partial charge in [0.2, 0.25) is 0 Å². The van der Waals surface area contributed by atoms with Gasteiger partial charge in [-0.15, -0.1) is 0 Å². The molecule has 132 valence electrons. The Labute approximate surface area is 143 Å². The molecule has 2 fully saturated rings. The van der Waals surface area contributed by atoms with Gasteiger partial charge >= 0.3 is 5.97 Å². The number of likely N-dealkylation sites (tertiary alicyclic amines) is 1. The average molecular weight is 333 g/mol. The third kappa shape index (κ3) is 4.08. The Morgan fingerprint density at radius 2 is 1.83 bits per heavy atom. The van der Waals surface area contributed by atoms with E-state index in [9.17, 15) is 9.90 Å². The lowest BCUT2D eigenvalue weighted by Gasteiger charge is -2.36. The molecule has 1 heterocycles. The molecule has 24 heavy (non-hydrogen) atoms. The van der Waals surface area contributed by atoms with E-state index in [1.807, 2.05) is 29.2 Å². The first-order valence-corrected chi connectivity index (χ1v) is 8.93. The molecule has 1 saturated heterocycles. The van der Waals surface area contributed by atoms with Crippen LogP contribution in [0.4, 0.5) is 0 Å². The molecule has 0 amide bonds. The van der Waals surface area contributed by atoms with Crippen molar-refractivity contribution in [1.82, 2.24) is 4.90 Å². The average Bonchev–Trinajstić information content (AvgIpc) is 3.09. The summed E-state index contributed by atoms with van der Waals surface area (Å²) < 4.78 is 11.4. The highest BCUT2D eigenvalue weighted by Crippen LogP contribution is 2.30. The van der Waals surface area contributed by atoms with Crippen molar-refractivity contribution < 1.29 is 19.4 Å². The SMILES string of the molecule is COc1cccc(C(C(=O)O)N2CCC(OC3CCCC3)CC2)c1. The van der Waals surface area contributed by atoms with Crippen LogP contribution in [-0.4, -0.2) is 48.4 Å². The smallest absolute Gasteiger partial charge is 0.325 e. The van der Waals surface area contributed by atoms with Crippen molar-refractivity contribution in [3.63, 3.8) is 0 Å². The summed E-state index contributed by atoms with van der Waals surface area (Å²) in [6.07, 6.45) is 7.44. The van der Waals surface area contributed by atoms with Crippen LogP contribution in [-0.2, 0) is 9.53 Å². The molecule has 1 aromatic carbocycles. The highest BCUT2D eigenvalue weighted by Gasteiger charge is 2.32. The number of piperidine rings is 1. The van der Waals surface area contributed by atoms with Gasteiger partial charge in [-0.2, -0.15) is 0 Å². The van der Waals surface area contributed by atoms with Crippen molar-refractivity contribution >= 4 is 5.97 Å². The van der Waals surface area contributed by atoms with E-state index < -0.39 is 12.0 Å². The molecule has 1 aliphatic carbocycles. The summed E-state index contributed by atoms with van der Waals surface area (Å²) in [4.78, 5) is 13.9. The molecule has 0 bridgehead atoms. The van der Waals surface area contributed by atoms with E-state index >= 15 is 0 Å². The molecule has 1 aliphatic heterocycles. The number of hydrogen-bond acceptors (Lipinski definition) is 4. The number of methoxy groups -OCH3 is 1. The van der Waals surface area contributed by atoms with Gasteiger partial charge in [-0.3, -0.25) is 9.69 Å². The Balaban J connectivity index is 1.62. The van der Waals surface area contributed by atoms with Crippen LogP contribution in [0.5, 0.6) is 5.75 Å². The van der Waals surface area contributed by atoms with Crippen LogP contribution in [0.3, 0.4) is 0 Å². The van der Waals surface area contributed by atoms with Crippen LogP contribution < -0.4 is 4.74 Å². The van der Waals surface area contributed by atoms with Crippen molar-refractivity contribution in [1.29, 1.82) is 0 Å². The Morgan fingerprint density at radius 3 is 2.46 bits per heavy atom. The van der Waals surface area contributed by atoms with Crippen molar-refractivity contribution in [3.05, 3.63) is 29.8 Å². The van der Waals surface area contributed by atoms with Crippen molar-refractivity contribution in [2.24, 2.45) is 0 Å². The second-order valence-electron chi connectivity index (χ2n) is 6.80. The zero-order valence-corrected chi connectivity index (χ0v) is 14.3. The van der Waals surface area contributed by atoms with Gasteiger partial charge in [0, 0.05) is 13.1 Å². The molecule has 5 nitrogen and oxygen atoms in total. The third-order valence-corrected chi connectivity index (χ3v) is 5.17. The lowest BCUT2D eigenvalue weighted by Crippen LogP contribution is -2.42. The summed E-state index contributed by atoms with van der Waals surface area (Å²) in [6.45, 7) is 1.51. The van der Waals surface area contributed by atoms with Crippen LogP contribution in [0.15, 0.2) is 24.3 Å². The molecular weight excluding hydrogens is 306 g/mol. The fraction of sp³-hybridized carbons (Fsp3) is 0.632. The number of ether oxygens (including phenoxy) is 2. The Kier molecular flexibility index (Phi) is 5.74. The van der Waals surface area contributed by atoms with Gasteiger partial charge in [0.15, 0.2) is 0 Å². The predicted molar refractivity (Wildman–Crippen MR) is 91.3 cm³/mol. The summed E-state index contributed by atoms with van der Waals surface area (Å²) in [6, 6.07) is 6.75. The summed E-state index contributed by atoms with van der Waals surface area (Å²) in [7, 11) is 1.60. The van der Waals surface area contributed by atoms with E-state index in [1.165, 1.54) is 25.7 Å². The molecule has 0 aromatic heterocycles. The first-order valence-electron chi connectivity index (χ1n) is 8.93. The van der Waals surface area contributed by atoms with Gasteiger partial charge in [0.1, 0.15) is 11.8 Å². The molecule has 5 heteroatoms. The number of hydrogen-bond donors (Lipinski definition) is 1. The van der Waals surface area contributed by atoms with Gasteiger partial charge in [0.05, 0.1) is 19.3 Å². The van der Waals surface area contributed by atoms with Crippen LogP contribution >= 0.6 is 0 Å². The topological polar surface area (TPSA) is 59.0 Å². The molecular formula is C19H27NO4. The quantitative estimate of drug-likeness (QED) is 0.866. The van der Waals surface area contributed by atoms with E-state index in [0.717, 1.165) is 31.5 Å². The lowest BCUT2D eigenvalue weighted by atomic mass is 10.00. The van der Waals surface area contributed by atoms with Gasteiger partial charge in [-0.05, 0) is 43.4 Å². The maximum absolute atomic E-state index is 11.8. The van der Waals surface area contributed by atoms with E-state index in [2.05, 4.69) is 0 Å². The third-order valence-electron chi connectivity index (χ3n) is 5.17. The lowest BCUT2D eigenvalue weighted by molar-refractivity contribution is -0.145. The van der Waals surface area contributed by atoms with Crippen LogP contribution in [0.2, 0.25) is 0 Å². The second kappa shape index (κ2) is 7.99. The van der Waals surface area contributed by atoms with E-state index in [-0.39, 0.29) is 6.10 Å². The number of rotatable bonds is 6. The summed E-state index contributed by atoms with van der Waals surface area (Å²) in [5.41, 5.74) is 0.775. The van der Waals surface area contributed by atoms with Gasteiger partial charge in [0.25, 0.3) is 0 Å². The molecule has 1 N–H and O–H groups in total. The summed E-state index contributed by atoms with van der Waals surface area (Å²) in [5, 5.41) is 9.72. The van der Waals surface area contributed by atoms with E-state index in [0.29, 0.717) is 11.9 Å². The Hall–Kier alpha value is -1.59. The summed E-state index contributed by atoms with van der Waals surface area (Å²) >= 11 is 0. The van der Waals surface area contributed by atoms with Crippen molar-refractivity contribution in [2.75, 3.05) is 20.2 Å². The zero-order valence-electron chi connectivity index (χ0n) is 14.3. The predicted octanol–water partition coefficient (Wildman–Crippen LogP) is 3.24. The van der Waals surface area contributed by atoms with Crippen LogP contribution in [0, 0.1) is 0 Å². The number of benzene rings is 1. The zero-order chi connectivity index (χ0) is 16.9. The number of aliphatic carboxylic acids is 1. The van der Waals surface area contributed by atoms with Crippen LogP contribution in [0.25, 0.3) is 0 Å². The Morgan fingerprint density at radius 1 is 1.17 bits per heavy atom. The highest BCUT2D eigenvalue weighted by atomic mass is 16.5. The number of nitrogens with zero attached hydrogens (tertiary/aromatic N) is 1. The largest absolute Gasteiger partial charge is 0.497 e. The molecule has 1 saturated carbocycles. The molecule has 0 radical (unpaired) electrons. The molecule has 1 unspecified atom stereocenters. The maximum atomic E-state index is 11.8. The highest BCUT2D eigenvalue weighted by molar-refractivity contribution is 5.75. The molecule has 1 aromatic rings. The van der Waals surface area contributed by atoms with Gasteiger partial charge in [-0.1, -0.05) is 25.0 Å². The number of carbonyl (C=O) groups is 1. The second-order valence-corrected chi connectivity index (χ2v) is 6.80. The molecule has 2 aliphatic rings. The van der Waals surface area contributed by atoms with Gasteiger partial charge in [-0.25, -0.2) is 0 Å². The molecule has 1 atom stereocenters. The fourth-order valence-electron chi connectivity index (χ4n) is 3.89. The number of carboxylic acid groups (broad SMARTS) is 1. The number of carboxylic acids is 1. The minimum absolute atomic E-state index is 0.282. The minimum atomic E-state index is -0.807. The Bertz CT molecular complexity index is 548. The molecule has 3 rings (SSSR count). The van der Waals surface area contributed by atoms with Crippen molar-refractivity contribution in [2.45, 2.75) is 56.8 Å². The monoisotopic (exact) mass is 333 g/mol. The minimum Gasteiger partial charge on any atom is -0.497 e. The van der Waals surface area contributed by atoms with E-state index in [4.69, 9.17) is 9.47 Å².